The molecule has 2 aliphatic rings. The lowest BCUT2D eigenvalue weighted by Crippen LogP contribution is -2.43. The first-order chi connectivity index (χ1) is 13.8. The third-order valence-electron chi connectivity index (χ3n) is 4.93. The van der Waals surface area contributed by atoms with Gasteiger partial charge in [-0.25, -0.2) is 4.79 Å². The van der Waals surface area contributed by atoms with Crippen LogP contribution in [0.5, 0.6) is 11.5 Å². The fourth-order valence-electron chi connectivity index (χ4n) is 3.40. The Morgan fingerprint density at radius 3 is 2.59 bits per heavy atom. The van der Waals surface area contributed by atoms with Gasteiger partial charge in [0.15, 0.2) is 11.5 Å². The summed E-state index contributed by atoms with van der Waals surface area (Å²) in [6, 6.07) is 5.68. The Labute approximate surface area is 171 Å². The topological polar surface area (TPSA) is 89.1 Å². The van der Waals surface area contributed by atoms with Crippen LogP contribution in [0.1, 0.15) is 39.2 Å². The molecule has 3 rings (SSSR count). The summed E-state index contributed by atoms with van der Waals surface area (Å²) in [5.74, 6) is 1.88. The molecular formula is C21H31N3O5. The smallest absolute Gasteiger partial charge is 0.407 e. The number of ether oxygens (including phenoxy) is 3. The van der Waals surface area contributed by atoms with E-state index in [2.05, 4.69) is 15.5 Å². The number of piperidine rings is 1. The second kappa shape index (κ2) is 9.35. The standard InChI is InChI=1S/C21H31N3O5/c1-21(2,3)29-20(26)23-11-15-6-8-24(9-7-15)13-19(25)22-12-16-4-5-17-18(10-16)28-14-27-17/h4-5,10,15H,6-9,11-14H2,1-3H3,(H,22,25)(H,23,26). The minimum Gasteiger partial charge on any atom is -0.454 e. The Morgan fingerprint density at radius 1 is 1.14 bits per heavy atom. The van der Waals surface area contributed by atoms with Crippen molar-refractivity contribution in [1.82, 2.24) is 15.5 Å². The van der Waals surface area contributed by atoms with Gasteiger partial charge in [-0.15, -0.1) is 0 Å². The van der Waals surface area contributed by atoms with Crippen LogP contribution >= 0.6 is 0 Å². The average molecular weight is 405 g/mol. The van der Waals surface area contributed by atoms with Crippen molar-refractivity contribution < 1.29 is 23.8 Å². The van der Waals surface area contributed by atoms with Crippen LogP contribution < -0.4 is 20.1 Å². The number of hydrogen-bond acceptors (Lipinski definition) is 6. The Kier molecular flexibility index (Phi) is 6.84. The van der Waals surface area contributed by atoms with Crippen molar-refractivity contribution >= 4 is 12.0 Å². The second-order valence-corrected chi connectivity index (χ2v) is 8.57. The van der Waals surface area contributed by atoms with Crippen molar-refractivity contribution in [2.45, 2.75) is 45.8 Å². The fraction of sp³-hybridized carbons (Fsp3) is 0.619. The molecule has 2 amide bonds. The average Bonchev–Trinajstić information content (AvgIpc) is 3.12. The zero-order valence-corrected chi connectivity index (χ0v) is 17.5. The molecule has 0 atom stereocenters. The molecule has 0 spiro atoms. The number of hydrogen-bond donors (Lipinski definition) is 2. The lowest BCUT2D eigenvalue weighted by Gasteiger charge is -2.31. The van der Waals surface area contributed by atoms with E-state index in [0.717, 1.165) is 43.0 Å². The molecule has 1 saturated heterocycles. The summed E-state index contributed by atoms with van der Waals surface area (Å²) in [5.41, 5.74) is 0.496. The van der Waals surface area contributed by atoms with E-state index in [1.165, 1.54) is 0 Å². The molecule has 1 aromatic carbocycles. The number of rotatable bonds is 6. The Hall–Kier alpha value is -2.48. The summed E-state index contributed by atoms with van der Waals surface area (Å²) in [4.78, 5) is 26.2. The number of benzene rings is 1. The molecule has 8 nitrogen and oxygen atoms in total. The first-order valence-corrected chi connectivity index (χ1v) is 10.1. The molecular weight excluding hydrogens is 374 g/mol. The molecule has 0 unspecified atom stereocenters. The summed E-state index contributed by atoms with van der Waals surface area (Å²) in [5, 5.41) is 5.80. The third-order valence-corrected chi connectivity index (χ3v) is 4.93. The maximum absolute atomic E-state index is 12.3. The first-order valence-electron chi connectivity index (χ1n) is 10.1. The van der Waals surface area contributed by atoms with Gasteiger partial charge >= 0.3 is 6.09 Å². The van der Waals surface area contributed by atoms with Crippen LogP contribution in [0.2, 0.25) is 0 Å². The molecule has 1 fully saturated rings. The molecule has 29 heavy (non-hydrogen) atoms. The number of fused-ring (bicyclic) bond motifs is 1. The van der Waals surface area contributed by atoms with Gasteiger partial charge in [0.05, 0.1) is 6.54 Å². The summed E-state index contributed by atoms with van der Waals surface area (Å²) >= 11 is 0. The van der Waals surface area contributed by atoms with E-state index in [9.17, 15) is 9.59 Å². The van der Waals surface area contributed by atoms with E-state index in [0.29, 0.717) is 25.6 Å². The van der Waals surface area contributed by atoms with Crippen molar-refractivity contribution in [2.24, 2.45) is 5.92 Å². The van der Waals surface area contributed by atoms with Crippen LogP contribution in [0.3, 0.4) is 0 Å². The van der Waals surface area contributed by atoms with E-state index in [1.54, 1.807) is 0 Å². The highest BCUT2D eigenvalue weighted by Gasteiger charge is 2.23. The van der Waals surface area contributed by atoms with Crippen molar-refractivity contribution in [1.29, 1.82) is 0 Å². The number of alkyl carbamates (subject to hydrolysis) is 1. The quantitative estimate of drug-likeness (QED) is 0.755. The van der Waals surface area contributed by atoms with E-state index in [4.69, 9.17) is 14.2 Å². The summed E-state index contributed by atoms with van der Waals surface area (Å²) in [6.45, 7) is 8.94. The summed E-state index contributed by atoms with van der Waals surface area (Å²) in [7, 11) is 0. The van der Waals surface area contributed by atoms with Crippen LogP contribution in [0, 0.1) is 5.92 Å². The van der Waals surface area contributed by atoms with Crippen LogP contribution in [0.25, 0.3) is 0 Å². The van der Waals surface area contributed by atoms with Gasteiger partial charge in [0.1, 0.15) is 5.60 Å². The van der Waals surface area contributed by atoms with Crippen LogP contribution in [0.15, 0.2) is 18.2 Å². The second-order valence-electron chi connectivity index (χ2n) is 8.57. The Morgan fingerprint density at radius 2 is 1.86 bits per heavy atom. The minimum atomic E-state index is -0.485. The normalized spacial score (nSPS) is 17.1. The molecule has 0 aromatic heterocycles. The van der Waals surface area contributed by atoms with Crippen molar-refractivity contribution in [3.8, 4) is 11.5 Å². The SMILES string of the molecule is CC(C)(C)OC(=O)NCC1CCN(CC(=O)NCc2ccc3c(c2)OCO3)CC1. The van der Waals surface area contributed by atoms with E-state index in [1.807, 2.05) is 39.0 Å². The molecule has 0 saturated carbocycles. The van der Waals surface area contributed by atoms with Crippen molar-refractivity contribution in [2.75, 3.05) is 33.0 Å². The van der Waals surface area contributed by atoms with E-state index >= 15 is 0 Å². The largest absolute Gasteiger partial charge is 0.454 e. The molecule has 0 radical (unpaired) electrons. The predicted molar refractivity (Wildman–Crippen MR) is 108 cm³/mol. The molecule has 0 bridgehead atoms. The van der Waals surface area contributed by atoms with Crippen molar-refractivity contribution in [3.05, 3.63) is 23.8 Å². The molecule has 0 aliphatic carbocycles. The van der Waals surface area contributed by atoms with E-state index in [-0.39, 0.29) is 18.8 Å². The zero-order chi connectivity index (χ0) is 20.9. The van der Waals surface area contributed by atoms with Gasteiger partial charge in [0.2, 0.25) is 12.7 Å². The molecule has 2 N–H and O–H groups in total. The lowest BCUT2D eigenvalue weighted by atomic mass is 9.97. The van der Waals surface area contributed by atoms with Crippen LogP contribution in [-0.2, 0) is 16.1 Å². The van der Waals surface area contributed by atoms with Gasteiger partial charge in [0, 0.05) is 13.1 Å². The summed E-state index contributed by atoms with van der Waals surface area (Å²) in [6.07, 6.45) is 1.53. The molecule has 8 heteroatoms. The van der Waals surface area contributed by atoms with Gasteiger partial charge in [-0.1, -0.05) is 6.07 Å². The number of amides is 2. The minimum absolute atomic E-state index is 0.00740. The number of nitrogens with zero attached hydrogens (tertiary/aromatic N) is 1. The zero-order valence-electron chi connectivity index (χ0n) is 17.5. The molecule has 2 heterocycles. The lowest BCUT2D eigenvalue weighted by molar-refractivity contribution is -0.122. The molecule has 1 aromatic rings. The fourth-order valence-corrected chi connectivity index (χ4v) is 3.40. The number of carbonyl (C=O) groups is 2. The highest BCUT2D eigenvalue weighted by Crippen LogP contribution is 2.32. The van der Waals surface area contributed by atoms with Crippen molar-refractivity contribution in [3.63, 3.8) is 0 Å². The highest BCUT2D eigenvalue weighted by atomic mass is 16.7. The van der Waals surface area contributed by atoms with Gasteiger partial charge < -0.3 is 24.8 Å². The van der Waals surface area contributed by atoms with Gasteiger partial charge in [-0.05, 0) is 70.3 Å². The maximum Gasteiger partial charge on any atom is 0.407 e. The molecule has 160 valence electrons. The third kappa shape index (κ3) is 6.81. The van der Waals surface area contributed by atoms with Gasteiger partial charge in [-0.3, -0.25) is 9.69 Å². The summed E-state index contributed by atoms with van der Waals surface area (Å²) < 4.78 is 15.9. The Bertz CT molecular complexity index is 724. The maximum atomic E-state index is 12.3. The Balaban J connectivity index is 1.32. The predicted octanol–water partition coefficient (Wildman–Crippen LogP) is 2.27. The number of nitrogens with one attached hydrogen (secondary N) is 2. The number of likely N-dealkylation sites (tertiary alicyclic amines) is 1. The molecule has 2 aliphatic heterocycles. The van der Waals surface area contributed by atoms with Crippen LogP contribution in [0.4, 0.5) is 4.79 Å². The van der Waals surface area contributed by atoms with Gasteiger partial charge in [0.25, 0.3) is 0 Å². The monoisotopic (exact) mass is 405 g/mol. The van der Waals surface area contributed by atoms with Crippen LogP contribution in [-0.4, -0.2) is 55.5 Å². The van der Waals surface area contributed by atoms with E-state index < -0.39 is 5.60 Å². The van der Waals surface area contributed by atoms with Gasteiger partial charge in [-0.2, -0.15) is 0 Å². The highest BCUT2D eigenvalue weighted by molar-refractivity contribution is 5.78. The first kappa shape index (κ1) is 21.2. The number of carbonyl (C=O) groups excluding carboxylic acids is 2.